The topological polar surface area (TPSA) is 70.7 Å². The molecule has 3 N–H and O–H groups in total. The molecule has 5 nitrogen and oxygen atoms in total. The molecular weight excluding hydrogens is 264 g/mol. The van der Waals surface area contributed by atoms with E-state index in [0.717, 1.165) is 29.7 Å². The van der Waals surface area contributed by atoms with Gasteiger partial charge >= 0.3 is 6.03 Å². The fourth-order valence-corrected chi connectivity index (χ4v) is 2.25. The maximum absolute atomic E-state index is 12.3. The lowest BCUT2D eigenvalue weighted by atomic mass is 10.0. The van der Waals surface area contributed by atoms with Crippen LogP contribution in [0.4, 0.5) is 10.5 Å². The van der Waals surface area contributed by atoms with Crippen LogP contribution in [-0.4, -0.2) is 25.1 Å². The van der Waals surface area contributed by atoms with E-state index in [1.165, 1.54) is 0 Å². The van der Waals surface area contributed by atoms with E-state index in [0.29, 0.717) is 0 Å². The van der Waals surface area contributed by atoms with Crippen LogP contribution >= 0.6 is 0 Å². The normalized spacial score (nSPS) is 11.6. The van der Waals surface area contributed by atoms with Crippen LogP contribution < -0.4 is 16.0 Å². The summed E-state index contributed by atoms with van der Waals surface area (Å²) in [7, 11) is 1.76. The molecule has 0 aliphatic rings. The molecule has 0 radical (unpaired) electrons. The number of aliphatic imine (C=N–C) groups is 1. The second kappa shape index (κ2) is 7.67. The Balaban J connectivity index is 3.03. The van der Waals surface area contributed by atoms with Crippen molar-refractivity contribution in [1.29, 1.82) is 0 Å². The van der Waals surface area contributed by atoms with E-state index in [2.05, 4.69) is 24.2 Å². The Kier molecular flexibility index (Phi) is 6.21. The average molecular weight is 290 g/mol. The molecule has 1 aromatic rings. The van der Waals surface area contributed by atoms with Crippen LogP contribution in [0.3, 0.4) is 0 Å². The fraction of sp³-hybridized carbons (Fsp3) is 0.500. The summed E-state index contributed by atoms with van der Waals surface area (Å²) < 4.78 is 0. The van der Waals surface area contributed by atoms with Crippen molar-refractivity contribution in [3.8, 4) is 0 Å². The molecule has 0 saturated heterocycles. The van der Waals surface area contributed by atoms with E-state index >= 15 is 0 Å². The SMILES string of the molecule is CCc1cccc(CC)c1N(C)C(=O)NC(N)=NC(C)C. The number of guanidine groups is 1. The molecule has 0 fully saturated rings. The van der Waals surface area contributed by atoms with Crippen molar-refractivity contribution >= 4 is 17.7 Å². The van der Waals surface area contributed by atoms with Gasteiger partial charge in [-0.25, -0.2) is 4.79 Å². The molecule has 0 spiro atoms. The van der Waals surface area contributed by atoms with Crippen LogP contribution in [0.15, 0.2) is 23.2 Å². The number of para-hydroxylation sites is 1. The van der Waals surface area contributed by atoms with E-state index in [1.807, 2.05) is 32.0 Å². The number of carbonyl (C=O) groups excluding carboxylic acids is 1. The van der Waals surface area contributed by atoms with Crippen LogP contribution in [0.1, 0.15) is 38.8 Å². The highest BCUT2D eigenvalue weighted by Crippen LogP contribution is 2.26. The van der Waals surface area contributed by atoms with Gasteiger partial charge in [-0.1, -0.05) is 32.0 Å². The van der Waals surface area contributed by atoms with Gasteiger partial charge in [0.2, 0.25) is 0 Å². The smallest absolute Gasteiger partial charge is 0.328 e. The zero-order valence-corrected chi connectivity index (χ0v) is 13.6. The van der Waals surface area contributed by atoms with Crippen LogP contribution in [0.5, 0.6) is 0 Å². The van der Waals surface area contributed by atoms with Gasteiger partial charge in [-0.2, -0.15) is 0 Å². The van der Waals surface area contributed by atoms with E-state index in [4.69, 9.17) is 5.73 Å². The number of benzene rings is 1. The van der Waals surface area contributed by atoms with Crippen LogP contribution in [-0.2, 0) is 12.8 Å². The van der Waals surface area contributed by atoms with Gasteiger partial charge in [0.15, 0.2) is 5.96 Å². The van der Waals surface area contributed by atoms with E-state index in [-0.39, 0.29) is 18.0 Å². The largest absolute Gasteiger partial charge is 0.370 e. The van der Waals surface area contributed by atoms with Crippen molar-refractivity contribution in [3.63, 3.8) is 0 Å². The molecule has 0 aromatic heterocycles. The first-order valence-corrected chi connectivity index (χ1v) is 7.39. The van der Waals surface area contributed by atoms with Gasteiger partial charge in [0.25, 0.3) is 0 Å². The van der Waals surface area contributed by atoms with Crippen molar-refractivity contribution in [1.82, 2.24) is 5.32 Å². The predicted molar refractivity (Wildman–Crippen MR) is 88.9 cm³/mol. The average Bonchev–Trinajstić information content (AvgIpc) is 2.44. The van der Waals surface area contributed by atoms with Crippen LogP contribution in [0, 0.1) is 0 Å². The number of urea groups is 1. The summed E-state index contributed by atoms with van der Waals surface area (Å²) in [6, 6.07) is 5.90. The quantitative estimate of drug-likeness (QED) is 0.661. The second-order valence-electron chi connectivity index (χ2n) is 5.23. The third-order valence-corrected chi connectivity index (χ3v) is 3.24. The molecule has 0 aliphatic carbocycles. The summed E-state index contributed by atoms with van der Waals surface area (Å²) in [6.45, 7) is 7.98. The first-order chi connectivity index (χ1) is 9.90. The Morgan fingerprint density at radius 3 is 2.24 bits per heavy atom. The Labute approximate surface area is 127 Å². The molecule has 0 saturated carbocycles. The lowest BCUT2D eigenvalue weighted by Gasteiger charge is -2.23. The number of aryl methyl sites for hydroxylation is 2. The van der Waals surface area contributed by atoms with Crippen molar-refractivity contribution in [2.24, 2.45) is 10.7 Å². The molecule has 116 valence electrons. The third kappa shape index (κ3) is 4.48. The number of anilines is 1. The highest BCUT2D eigenvalue weighted by molar-refractivity contribution is 6.03. The van der Waals surface area contributed by atoms with E-state index < -0.39 is 0 Å². The van der Waals surface area contributed by atoms with Gasteiger partial charge in [0, 0.05) is 13.1 Å². The Morgan fingerprint density at radius 1 is 1.29 bits per heavy atom. The first kappa shape index (κ1) is 17.0. The summed E-state index contributed by atoms with van der Waals surface area (Å²) in [5.41, 5.74) is 8.97. The van der Waals surface area contributed by atoms with Gasteiger partial charge in [0.05, 0.1) is 5.69 Å². The Hall–Kier alpha value is -2.04. The van der Waals surface area contributed by atoms with E-state index in [9.17, 15) is 4.79 Å². The summed E-state index contributed by atoms with van der Waals surface area (Å²) >= 11 is 0. The predicted octanol–water partition coefficient (Wildman–Crippen LogP) is 2.68. The number of nitrogens with two attached hydrogens (primary N) is 1. The minimum absolute atomic E-state index is 0.0461. The highest BCUT2D eigenvalue weighted by Gasteiger charge is 2.17. The maximum Gasteiger partial charge on any atom is 0.328 e. The zero-order chi connectivity index (χ0) is 16.0. The lowest BCUT2D eigenvalue weighted by Crippen LogP contribution is -2.45. The van der Waals surface area contributed by atoms with Crippen molar-refractivity contribution in [2.45, 2.75) is 46.6 Å². The van der Waals surface area contributed by atoms with Gasteiger partial charge in [-0.3, -0.25) is 15.2 Å². The highest BCUT2D eigenvalue weighted by atomic mass is 16.2. The molecule has 2 amide bonds. The first-order valence-electron chi connectivity index (χ1n) is 7.39. The second-order valence-corrected chi connectivity index (χ2v) is 5.23. The molecule has 0 atom stereocenters. The standard InChI is InChI=1S/C16H26N4O/c1-6-12-9-8-10-13(7-2)14(12)20(5)16(21)19-15(17)18-11(3)4/h8-11H,6-7H2,1-5H3,(H3,17,18,19,21). The summed E-state index contributed by atoms with van der Waals surface area (Å²) in [4.78, 5) is 18.1. The molecule has 0 aliphatic heterocycles. The number of nitrogens with one attached hydrogen (secondary N) is 1. The summed E-state index contributed by atoms with van der Waals surface area (Å²) in [5, 5.41) is 2.63. The molecule has 1 aromatic carbocycles. The summed E-state index contributed by atoms with van der Waals surface area (Å²) in [6.07, 6.45) is 1.74. The van der Waals surface area contributed by atoms with E-state index in [1.54, 1.807) is 11.9 Å². The Bertz CT molecular complexity index is 501. The fourth-order valence-electron chi connectivity index (χ4n) is 2.25. The van der Waals surface area contributed by atoms with Crippen LogP contribution in [0.25, 0.3) is 0 Å². The van der Waals surface area contributed by atoms with Gasteiger partial charge in [-0.05, 0) is 37.8 Å². The minimum Gasteiger partial charge on any atom is -0.370 e. The van der Waals surface area contributed by atoms with Gasteiger partial charge < -0.3 is 5.73 Å². The summed E-state index contributed by atoms with van der Waals surface area (Å²) in [5.74, 6) is 0.147. The van der Waals surface area contributed by atoms with Crippen molar-refractivity contribution < 1.29 is 4.79 Å². The monoisotopic (exact) mass is 290 g/mol. The molecule has 0 bridgehead atoms. The molecule has 0 heterocycles. The Morgan fingerprint density at radius 2 is 1.81 bits per heavy atom. The number of hydrogen-bond acceptors (Lipinski definition) is 2. The van der Waals surface area contributed by atoms with Crippen molar-refractivity contribution in [3.05, 3.63) is 29.3 Å². The zero-order valence-electron chi connectivity index (χ0n) is 13.6. The maximum atomic E-state index is 12.3. The number of carbonyl (C=O) groups is 1. The van der Waals surface area contributed by atoms with Gasteiger partial charge in [-0.15, -0.1) is 0 Å². The molecule has 0 unspecified atom stereocenters. The lowest BCUT2D eigenvalue weighted by molar-refractivity contribution is 0.251. The number of nitrogens with zero attached hydrogens (tertiary/aromatic N) is 2. The molecule has 21 heavy (non-hydrogen) atoms. The van der Waals surface area contributed by atoms with Crippen LogP contribution in [0.2, 0.25) is 0 Å². The number of hydrogen-bond donors (Lipinski definition) is 2. The minimum atomic E-state index is -0.271. The van der Waals surface area contributed by atoms with Crippen molar-refractivity contribution in [2.75, 3.05) is 11.9 Å². The molecule has 5 heteroatoms. The number of amides is 2. The van der Waals surface area contributed by atoms with Gasteiger partial charge in [0.1, 0.15) is 0 Å². The number of rotatable bonds is 4. The third-order valence-electron chi connectivity index (χ3n) is 3.24. The molecule has 1 rings (SSSR count). The molecular formula is C16H26N4O.